The fourth-order valence-corrected chi connectivity index (χ4v) is 2.86. The average Bonchev–Trinajstić information content (AvgIpc) is 2.47. The summed E-state index contributed by atoms with van der Waals surface area (Å²) in [5.41, 5.74) is -0.610. The van der Waals surface area contributed by atoms with E-state index in [1.54, 1.807) is 12.1 Å². The molecule has 5 heteroatoms. The Balaban J connectivity index is 1.65. The first kappa shape index (κ1) is 16.6. The summed E-state index contributed by atoms with van der Waals surface area (Å²) in [5.74, 6) is 0.573. The zero-order valence-electron chi connectivity index (χ0n) is 12.2. The van der Waals surface area contributed by atoms with Gasteiger partial charge in [0.2, 0.25) is 0 Å². The number of halogens is 1. The standard InChI is InChI=1S/C16H24ClNO3/c17-14-6-2-3-7-15(14)21-11-13(19)10-18-12-16(20)8-4-1-5-9-16/h2-3,6-7,13,18-20H,1,4-5,8-12H2. The minimum atomic E-state index is -0.631. The molecule has 0 saturated heterocycles. The van der Waals surface area contributed by atoms with Gasteiger partial charge < -0.3 is 20.3 Å². The van der Waals surface area contributed by atoms with Crippen molar-refractivity contribution in [2.75, 3.05) is 19.7 Å². The molecule has 21 heavy (non-hydrogen) atoms. The van der Waals surface area contributed by atoms with E-state index < -0.39 is 11.7 Å². The Labute approximate surface area is 131 Å². The van der Waals surface area contributed by atoms with Gasteiger partial charge in [-0.2, -0.15) is 0 Å². The van der Waals surface area contributed by atoms with Crippen molar-refractivity contribution in [2.45, 2.75) is 43.8 Å². The Kier molecular flexibility index (Phi) is 6.30. The molecule has 0 radical (unpaired) electrons. The molecule has 3 N–H and O–H groups in total. The molecule has 4 nitrogen and oxygen atoms in total. The van der Waals surface area contributed by atoms with Gasteiger partial charge in [0.1, 0.15) is 18.5 Å². The quantitative estimate of drug-likeness (QED) is 0.723. The first-order valence-electron chi connectivity index (χ1n) is 7.58. The van der Waals surface area contributed by atoms with Crippen molar-refractivity contribution in [3.05, 3.63) is 29.3 Å². The van der Waals surface area contributed by atoms with Crippen LogP contribution in [-0.2, 0) is 0 Å². The van der Waals surface area contributed by atoms with E-state index in [-0.39, 0.29) is 6.61 Å². The third kappa shape index (κ3) is 5.47. The molecule has 0 bridgehead atoms. The predicted molar refractivity (Wildman–Crippen MR) is 83.9 cm³/mol. The molecule has 1 fully saturated rings. The van der Waals surface area contributed by atoms with Crippen LogP contribution in [0.5, 0.6) is 5.75 Å². The zero-order valence-corrected chi connectivity index (χ0v) is 13.0. The highest BCUT2D eigenvalue weighted by Gasteiger charge is 2.28. The molecule has 2 rings (SSSR count). The SMILES string of the molecule is OC(CNCC1(O)CCCCC1)COc1ccccc1Cl. The van der Waals surface area contributed by atoms with Crippen LogP contribution in [0.2, 0.25) is 5.02 Å². The summed E-state index contributed by atoms with van der Waals surface area (Å²) >= 11 is 5.98. The Bertz CT molecular complexity index is 435. The third-order valence-electron chi connectivity index (χ3n) is 3.89. The predicted octanol–water partition coefficient (Wildman–Crippen LogP) is 2.36. The van der Waals surface area contributed by atoms with Crippen LogP contribution in [0.25, 0.3) is 0 Å². The zero-order chi connectivity index (χ0) is 15.1. The highest BCUT2D eigenvalue weighted by atomic mass is 35.5. The van der Waals surface area contributed by atoms with Crippen molar-refractivity contribution >= 4 is 11.6 Å². The number of hydrogen-bond acceptors (Lipinski definition) is 4. The lowest BCUT2D eigenvalue weighted by Crippen LogP contribution is -2.44. The molecular formula is C16H24ClNO3. The third-order valence-corrected chi connectivity index (χ3v) is 4.20. The van der Waals surface area contributed by atoms with Gasteiger partial charge in [0.25, 0.3) is 0 Å². The Morgan fingerprint density at radius 1 is 1.24 bits per heavy atom. The van der Waals surface area contributed by atoms with E-state index in [1.807, 2.05) is 12.1 Å². The average molecular weight is 314 g/mol. The molecule has 118 valence electrons. The minimum Gasteiger partial charge on any atom is -0.489 e. The van der Waals surface area contributed by atoms with Gasteiger partial charge in [-0.3, -0.25) is 0 Å². The molecule has 0 amide bonds. The van der Waals surface area contributed by atoms with Gasteiger partial charge in [-0.1, -0.05) is 43.0 Å². The van der Waals surface area contributed by atoms with Crippen LogP contribution in [0.3, 0.4) is 0 Å². The normalized spacial score (nSPS) is 19.2. The Morgan fingerprint density at radius 3 is 2.67 bits per heavy atom. The van der Waals surface area contributed by atoms with Crippen LogP contribution in [-0.4, -0.2) is 41.6 Å². The van der Waals surface area contributed by atoms with Crippen molar-refractivity contribution in [3.63, 3.8) is 0 Å². The van der Waals surface area contributed by atoms with Gasteiger partial charge in [0.15, 0.2) is 0 Å². The number of nitrogens with one attached hydrogen (secondary N) is 1. The fourth-order valence-electron chi connectivity index (χ4n) is 2.66. The van der Waals surface area contributed by atoms with Crippen molar-refractivity contribution in [1.82, 2.24) is 5.32 Å². The molecule has 1 aliphatic carbocycles. The summed E-state index contributed by atoms with van der Waals surface area (Å²) in [7, 11) is 0. The largest absolute Gasteiger partial charge is 0.489 e. The first-order valence-corrected chi connectivity index (χ1v) is 7.95. The highest BCUT2D eigenvalue weighted by Crippen LogP contribution is 2.27. The summed E-state index contributed by atoms with van der Waals surface area (Å²) in [6.45, 7) is 1.10. The Hall–Kier alpha value is -0.810. The van der Waals surface area contributed by atoms with E-state index in [0.29, 0.717) is 23.9 Å². The van der Waals surface area contributed by atoms with E-state index in [9.17, 15) is 10.2 Å². The number of para-hydroxylation sites is 1. The van der Waals surface area contributed by atoms with Crippen LogP contribution >= 0.6 is 11.6 Å². The summed E-state index contributed by atoms with van der Waals surface area (Å²) in [6.07, 6.45) is 4.41. The lowest BCUT2D eigenvalue weighted by molar-refractivity contribution is 0.00143. The molecule has 0 heterocycles. The van der Waals surface area contributed by atoms with Gasteiger partial charge in [-0.25, -0.2) is 0 Å². The molecular weight excluding hydrogens is 290 g/mol. The maximum absolute atomic E-state index is 10.3. The highest BCUT2D eigenvalue weighted by molar-refractivity contribution is 6.32. The van der Waals surface area contributed by atoms with E-state index >= 15 is 0 Å². The number of benzene rings is 1. The number of rotatable bonds is 7. The van der Waals surface area contributed by atoms with E-state index in [4.69, 9.17) is 16.3 Å². The second kappa shape index (κ2) is 7.99. The monoisotopic (exact) mass is 313 g/mol. The molecule has 1 aliphatic rings. The van der Waals surface area contributed by atoms with Gasteiger partial charge >= 0.3 is 0 Å². The second-order valence-electron chi connectivity index (χ2n) is 5.81. The number of aliphatic hydroxyl groups excluding tert-OH is 1. The molecule has 0 spiro atoms. The fraction of sp³-hybridized carbons (Fsp3) is 0.625. The van der Waals surface area contributed by atoms with Crippen LogP contribution < -0.4 is 10.1 Å². The number of hydrogen-bond donors (Lipinski definition) is 3. The number of ether oxygens (including phenoxy) is 1. The summed E-state index contributed by atoms with van der Waals surface area (Å²) in [4.78, 5) is 0. The van der Waals surface area contributed by atoms with Crippen LogP contribution in [0.15, 0.2) is 24.3 Å². The second-order valence-corrected chi connectivity index (χ2v) is 6.22. The van der Waals surface area contributed by atoms with E-state index in [0.717, 1.165) is 25.7 Å². The smallest absolute Gasteiger partial charge is 0.138 e. The van der Waals surface area contributed by atoms with Crippen LogP contribution in [0.4, 0.5) is 0 Å². The lowest BCUT2D eigenvalue weighted by atomic mass is 9.85. The molecule has 1 saturated carbocycles. The molecule has 1 aromatic carbocycles. The molecule has 1 atom stereocenters. The minimum absolute atomic E-state index is 0.176. The maximum atomic E-state index is 10.3. The summed E-state index contributed by atoms with van der Waals surface area (Å²) in [5, 5.41) is 23.9. The first-order chi connectivity index (χ1) is 10.1. The van der Waals surface area contributed by atoms with Crippen molar-refractivity contribution in [1.29, 1.82) is 0 Å². The Morgan fingerprint density at radius 2 is 1.95 bits per heavy atom. The molecule has 0 aliphatic heterocycles. The number of aliphatic hydroxyl groups is 2. The van der Waals surface area contributed by atoms with Gasteiger partial charge in [0, 0.05) is 13.1 Å². The van der Waals surface area contributed by atoms with Crippen molar-refractivity contribution in [3.8, 4) is 5.75 Å². The van der Waals surface area contributed by atoms with Crippen LogP contribution in [0.1, 0.15) is 32.1 Å². The van der Waals surface area contributed by atoms with Gasteiger partial charge in [-0.05, 0) is 25.0 Å². The molecule has 1 aromatic rings. The lowest BCUT2D eigenvalue weighted by Gasteiger charge is -2.32. The topological polar surface area (TPSA) is 61.7 Å². The maximum Gasteiger partial charge on any atom is 0.138 e. The molecule has 1 unspecified atom stereocenters. The van der Waals surface area contributed by atoms with Gasteiger partial charge in [-0.15, -0.1) is 0 Å². The summed E-state index contributed by atoms with van der Waals surface area (Å²) in [6, 6.07) is 7.19. The molecule has 0 aromatic heterocycles. The van der Waals surface area contributed by atoms with Gasteiger partial charge in [0.05, 0.1) is 10.6 Å². The summed E-state index contributed by atoms with van der Waals surface area (Å²) < 4.78 is 5.48. The van der Waals surface area contributed by atoms with Crippen molar-refractivity contribution < 1.29 is 14.9 Å². The van der Waals surface area contributed by atoms with E-state index in [1.165, 1.54) is 6.42 Å². The van der Waals surface area contributed by atoms with Crippen molar-refractivity contribution in [2.24, 2.45) is 0 Å². The van der Waals surface area contributed by atoms with E-state index in [2.05, 4.69) is 5.32 Å². The van der Waals surface area contributed by atoms with Crippen LogP contribution in [0, 0.1) is 0 Å².